The van der Waals surface area contributed by atoms with Gasteiger partial charge in [-0.15, -0.1) is 0 Å². The topological polar surface area (TPSA) is 37.3 Å². The van der Waals surface area contributed by atoms with Crippen LogP contribution < -0.4 is 0 Å². The summed E-state index contributed by atoms with van der Waals surface area (Å²) in [4.78, 5) is 10.3. The number of aliphatic carboxylic acids is 1. The summed E-state index contributed by atoms with van der Waals surface area (Å²) >= 11 is 4.10. The fourth-order valence-corrected chi connectivity index (χ4v) is 1.15. The SMILES string of the molecule is O=C(O)Cc1ccc(CS)cc1. The van der Waals surface area contributed by atoms with Crippen LogP contribution in [0.1, 0.15) is 11.1 Å². The van der Waals surface area contributed by atoms with Gasteiger partial charge in [0.25, 0.3) is 0 Å². The summed E-state index contributed by atoms with van der Waals surface area (Å²) in [7, 11) is 0. The molecule has 12 heavy (non-hydrogen) atoms. The van der Waals surface area contributed by atoms with Crippen LogP contribution in [0.25, 0.3) is 0 Å². The Morgan fingerprint density at radius 3 is 2.17 bits per heavy atom. The van der Waals surface area contributed by atoms with Crippen molar-refractivity contribution in [2.75, 3.05) is 0 Å². The zero-order chi connectivity index (χ0) is 8.97. The van der Waals surface area contributed by atoms with Crippen molar-refractivity contribution in [3.8, 4) is 0 Å². The third kappa shape index (κ3) is 2.58. The summed E-state index contributed by atoms with van der Waals surface area (Å²) < 4.78 is 0. The first-order chi connectivity index (χ1) is 5.72. The highest BCUT2D eigenvalue weighted by Gasteiger charge is 1.98. The van der Waals surface area contributed by atoms with Crippen LogP contribution in [0.2, 0.25) is 0 Å². The molecule has 2 nitrogen and oxygen atoms in total. The van der Waals surface area contributed by atoms with E-state index in [-0.39, 0.29) is 6.42 Å². The van der Waals surface area contributed by atoms with Gasteiger partial charge in [-0.3, -0.25) is 4.79 Å². The molecule has 1 aromatic rings. The van der Waals surface area contributed by atoms with Crippen LogP contribution in [0.4, 0.5) is 0 Å². The van der Waals surface area contributed by atoms with Gasteiger partial charge in [0.1, 0.15) is 0 Å². The molecule has 1 rings (SSSR count). The first-order valence-electron chi connectivity index (χ1n) is 3.63. The van der Waals surface area contributed by atoms with Gasteiger partial charge in [-0.1, -0.05) is 24.3 Å². The third-order valence-electron chi connectivity index (χ3n) is 1.56. The van der Waals surface area contributed by atoms with E-state index in [9.17, 15) is 4.79 Å². The number of rotatable bonds is 3. The normalized spacial score (nSPS) is 9.75. The van der Waals surface area contributed by atoms with Crippen molar-refractivity contribution in [1.29, 1.82) is 0 Å². The Labute approximate surface area is 76.6 Å². The van der Waals surface area contributed by atoms with Crippen molar-refractivity contribution >= 4 is 18.6 Å². The predicted octanol–water partition coefficient (Wildman–Crippen LogP) is 1.74. The first kappa shape index (κ1) is 9.13. The zero-order valence-electron chi connectivity index (χ0n) is 6.53. The molecule has 0 amide bonds. The highest BCUT2D eigenvalue weighted by atomic mass is 32.1. The number of benzene rings is 1. The van der Waals surface area contributed by atoms with Crippen molar-refractivity contribution in [2.45, 2.75) is 12.2 Å². The van der Waals surface area contributed by atoms with Crippen molar-refractivity contribution in [2.24, 2.45) is 0 Å². The number of carboxylic acids is 1. The van der Waals surface area contributed by atoms with Gasteiger partial charge < -0.3 is 5.11 Å². The lowest BCUT2D eigenvalue weighted by molar-refractivity contribution is -0.136. The fourth-order valence-electron chi connectivity index (χ4n) is 0.937. The molecule has 0 atom stereocenters. The van der Waals surface area contributed by atoms with Gasteiger partial charge >= 0.3 is 5.97 Å². The molecular weight excluding hydrogens is 172 g/mol. The molecule has 0 fully saturated rings. The van der Waals surface area contributed by atoms with Crippen molar-refractivity contribution in [3.05, 3.63) is 35.4 Å². The average molecular weight is 182 g/mol. The molecule has 0 radical (unpaired) electrons. The number of hydrogen-bond acceptors (Lipinski definition) is 2. The monoisotopic (exact) mass is 182 g/mol. The van der Waals surface area contributed by atoms with E-state index >= 15 is 0 Å². The van der Waals surface area contributed by atoms with E-state index in [0.29, 0.717) is 5.75 Å². The lowest BCUT2D eigenvalue weighted by atomic mass is 10.1. The lowest BCUT2D eigenvalue weighted by Crippen LogP contribution is -1.99. The molecule has 0 bridgehead atoms. The van der Waals surface area contributed by atoms with E-state index in [1.54, 1.807) is 0 Å². The van der Waals surface area contributed by atoms with Crippen LogP contribution in [0.5, 0.6) is 0 Å². The van der Waals surface area contributed by atoms with Crippen LogP contribution in [0.15, 0.2) is 24.3 Å². The minimum absolute atomic E-state index is 0.0901. The highest BCUT2D eigenvalue weighted by molar-refractivity contribution is 7.79. The van der Waals surface area contributed by atoms with Gasteiger partial charge in [0, 0.05) is 5.75 Å². The van der Waals surface area contributed by atoms with E-state index in [1.807, 2.05) is 24.3 Å². The Morgan fingerprint density at radius 1 is 1.25 bits per heavy atom. The molecular formula is C9H10O2S. The van der Waals surface area contributed by atoms with Crippen molar-refractivity contribution in [1.82, 2.24) is 0 Å². The van der Waals surface area contributed by atoms with Crippen LogP contribution in [0.3, 0.4) is 0 Å². The Balaban J connectivity index is 2.71. The van der Waals surface area contributed by atoms with Gasteiger partial charge in [-0.2, -0.15) is 12.6 Å². The fraction of sp³-hybridized carbons (Fsp3) is 0.222. The quantitative estimate of drug-likeness (QED) is 0.699. The molecule has 3 heteroatoms. The predicted molar refractivity (Wildman–Crippen MR) is 50.5 cm³/mol. The number of carbonyl (C=O) groups is 1. The van der Waals surface area contributed by atoms with E-state index in [4.69, 9.17) is 5.11 Å². The van der Waals surface area contributed by atoms with E-state index < -0.39 is 5.97 Å². The molecule has 0 saturated carbocycles. The smallest absolute Gasteiger partial charge is 0.307 e. The number of thiol groups is 1. The minimum atomic E-state index is -0.798. The molecule has 0 unspecified atom stereocenters. The molecule has 0 heterocycles. The summed E-state index contributed by atoms with van der Waals surface area (Å²) in [6.07, 6.45) is 0.0901. The molecule has 0 saturated heterocycles. The van der Waals surface area contributed by atoms with Gasteiger partial charge in [0.15, 0.2) is 0 Å². The van der Waals surface area contributed by atoms with Crippen LogP contribution in [0, 0.1) is 0 Å². The number of carboxylic acid groups (broad SMARTS) is 1. The third-order valence-corrected chi connectivity index (χ3v) is 1.93. The van der Waals surface area contributed by atoms with Crippen LogP contribution in [-0.4, -0.2) is 11.1 Å². The maximum absolute atomic E-state index is 10.3. The van der Waals surface area contributed by atoms with E-state index in [1.165, 1.54) is 0 Å². The molecule has 0 aromatic heterocycles. The standard InChI is InChI=1S/C9H10O2S/c10-9(11)5-7-1-3-8(6-12)4-2-7/h1-4,12H,5-6H2,(H,10,11). The molecule has 0 aliphatic carbocycles. The summed E-state index contributed by atoms with van der Waals surface area (Å²) in [5.74, 6) is -0.110. The molecule has 64 valence electrons. The highest BCUT2D eigenvalue weighted by Crippen LogP contribution is 2.06. The largest absolute Gasteiger partial charge is 0.481 e. The molecule has 1 aromatic carbocycles. The second-order valence-electron chi connectivity index (χ2n) is 2.55. The zero-order valence-corrected chi connectivity index (χ0v) is 7.42. The number of hydrogen-bond donors (Lipinski definition) is 2. The van der Waals surface area contributed by atoms with Gasteiger partial charge in [0.05, 0.1) is 6.42 Å². The molecule has 0 spiro atoms. The Bertz CT molecular complexity index is 266. The van der Waals surface area contributed by atoms with Crippen molar-refractivity contribution < 1.29 is 9.90 Å². The second kappa shape index (κ2) is 4.16. The first-order valence-corrected chi connectivity index (χ1v) is 4.26. The summed E-state index contributed by atoms with van der Waals surface area (Å²) in [6, 6.07) is 7.43. The van der Waals surface area contributed by atoms with Crippen molar-refractivity contribution in [3.63, 3.8) is 0 Å². The maximum atomic E-state index is 10.3. The maximum Gasteiger partial charge on any atom is 0.307 e. The van der Waals surface area contributed by atoms with E-state index in [0.717, 1.165) is 11.1 Å². The van der Waals surface area contributed by atoms with Crippen LogP contribution >= 0.6 is 12.6 Å². The Kier molecular flexibility index (Phi) is 3.17. The summed E-state index contributed by atoms with van der Waals surface area (Å²) in [5.41, 5.74) is 1.93. The lowest BCUT2D eigenvalue weighted by Gasteiger charge is -1.98. The second-order valence-corrected chi connectivity index (χ2v) is 2.86. The summed E-state index contributed by atoms with van der Waals surface area (Å²) in [6.45, 7) is 0. The molecule has 0 aliphatic rings. The van der Waals surface area contributed by atoms with Gasteiger partial charge in [-0.05, 0) is 11.1 Å². The summed E-state index contributed by atoms with van der Waals surface area (Å²) in [5, 5.41) is 8.48. The van der Waals surface area contributed by atoms with Gasteiger partial charge in [0.2, 0.25) is 0 Å². The van der Waals surface area contributed by atoms with Crippen LogP contribution in [-0.2, 0) is 17.0 Å². The Hall–Kier alpha value is -0.960. The molecule has 1 N–H and O–H groups in total. The Morgan fingerprint density at radius 2 is 1.75 bits per heavy atom. The minimum Gasteiger partial charge on any atom is -0.481 e. The average Bonchev–Trinajstić information content (AvgIpc) is 2.05. The van der Waals surface area contributed by atoms with E-state index in [2.05, 4.69) is 12.6 Å². The van der Waals surface area contributed by atoms with Gasteiger partial charge in [-0.25, -0.2) is 0 Å². The molecule has 0 aliphatic heterocycles.